The van der Waals surface area contributed by atoms with E-state index in [9.17, 15) is 13.2 Å². The van der Waals surface area contributed by atoms with Gasteiger partial charge in [0.15, 0.2) is 0 Å². The lowest BCUT2D eigenvalue weighted by atomic mass is 10.0. The van der Waals surface area contributed by atoms with Crippen LogP contribution in [0.3, 0.4) is 0 Å². The quantitative estimate of drug-likeness (QED) is 0.922. The molecule has 1 heterocycles. The van der Waals surface area contributed by atoms with Crippen LogP contribution in [0.25, 0.3) is 0 Å². The molecule has 3 unspecified atom stereocenters. The lowest BCUT2D eigenvalue weighted by Crippen LogP contribution is -2.24. The maximum atomic E-state index is 13.4. The first-order chi connectivity index (χ1) is 9.68. The molecule has 1 aromatic rings. The van der Waals surface area contributed by atoms with Gasteiger partial charge in [-0.3, -0.25) is 0 Å². The third-order valence-corrected chi connectivity index (χ3v) is 4.25. The second kappa shape index (κ2) is 5.87. The minimum Gasteiger partial charge on any atom is -0.370 e. The molecule has 118 valence electrons. The molecule has 3 atom stereocenters. The Hall–Kier alpha value is -1.23. The highest BCUT2D eigenvalue weighted by Crippen LogP contribution is 2.39. The Morgan fingerprint density at radius 2 is 1.81 bits per heavy atom. The molecule has 0 aromatic heterocycles. The number of anilines is 1. The molecule has 1 fully saturated rings. The first kappa shape index (κ1) is 16.1. The molecule has 0 radical (unpaired) electrons. The fourth-order valence-electron chi connectivity index (χ4n) is 2.91. The zero-order valence-electron chi connectivity index (χ0n) is 12.7. The lowest BCUT2D eigenvalue weighted by Gasteiger charge is -2.24. The number of halogens is 3. The minimum atomic E-state index is -4.34. The van der Waals surface area contributed by atoms with Gasteiger partial charge in [0.1, 0.15) is 0 Å². The van der Waals surface area contributed by atoms with Crippen LogP contribution in [0.1, 0.15) is 31.9 Å². The molecule has 0 saturated carbocycles. The normalized spacial score (nSPS) is 24.4. The Balaban J connectivity index is 2.37. The lowest BCUT2D eigenvalue weighted by molar-refractivity contribution is -0.137. The maximum Gasteiger partial charge on any atom is 0.418 e. The Morgan fingerprint density at radius 3 is 2.29 bits per heavy atom. The molecule has 21 heavy (non-hydrogen) atoms. The number of hydrogen-bond donors (Lipinski definition) is 1. The first-order valence-electron chi connectivity index (χ1n) is 7.39. The van der Waals surface area contributed by atoms with E-state index in [0.29, 0.717) is 42.6 Å². The molecule has 5 heteroatoms. The Kier molecular flexibility index (Phi) is 4.51. The molecule has 0 amide bonds. The fraction of sp³-hybridized carbons (Fsp3) is 0.625. The molecule has 2 rings (SSSR count). The van der Waals surface area contributed by atoms with E-state index in [2.05, 4.69) is 13.8 Å². The van der Waals surface area contributed by atoms with Gasteiger partial charge in [0.2, 0.25) is 0 Å². The molecular formula is C16H23F3N2. The van der Waals surface area contributed by atoms with E-state index in [1.807, 2.05) is 4.90 Å². The third kappa shape index (κ3) is 3.70. The summed E-state index contributed by atoms with van der Waals surface area (Å²) >= 11 is 0. The van der Waals surface area contributed by atoms with Crippen molar-refractivity contribution in [3.63, 3.8) is 0 Å². The van der Waals surface area contributed by atoms with Crippen LogP contribution >= 0.6 is 0 Å². The topological polar surface area (TPSA) is 29.3 Å². The van der Waals surface area contributed by atoms with E-state index in [0.717, 1.165) is 0 Å². The van der Waals surface area contributed by atoms with E-state index in [-0.39, 0.29) is 6.04 Å². The number of hydrogen-bond acceptors (Lipinski definition) is 2. The zero-order valence-corrected chi connectivity index (χ0v) is 12.7. The van der Waals surface area contributed by atoms with E-state index < -0.39 is 11.7 Å². The van der Waals surface area contributed by atoms with E-state index >= 15 is 0 Å². The van der Waals surface area contributed by atoms with Gasteiger partial charge < -0.3 is 10.6 Å². The van der Waals surface area contributed by atoms with Crippen LogP contribution < -0.4 is 10.6 Å². The summed E-state index contributed by atoms with van der Waals surface area (Å²) in [5, 5.41) is 0. The van der Waals surface area contributed by atoms with Crippen LogP contribution in [0.2, 0.25) is 0 Å². The summed E-state index contributed by atoms with van der Waals surface area (Å²) in [6, 6.07) is 4.47. The molecule has 2 N–H and O–H groups in total. The average Bonchev–Trinajstić information content (AvgIpc) is 2.67. The molecule has 1 aliphatic heterocycles. The van der Waals surface area contributed by atoms with Crippen LogP contribution in [0.4, 0.5) is 18.9 Å². The van der Waals surface area contributed by atoms with Crippen LogP contribution in [-0.2, 0) is 12.6 Å². The fourth-order valence-corrected chi connectivity index (χ4v) is 2.91. The van der Waals surface area contributed by atoms with Gasteiger partial charge in [0.05, 0.1) is 5.56 Å². The van der Waals surface area contributed by atoms with Gasteiger partial charge in [-0.15, -0.1) is 0 Å². The SMILES string of the molecule is CC(N)Cc1ccc(N2CC(C)C(C)C2)c(C(F)(F)F)c1. The summed E-state index contributed by atoms with van der Waals surface area (Å²) < 4.78 is 40.1. The van der Waals surface area contributed by atoms with Crippen molar-refractivity contribution in [3.8, 4) is 0 Å². The summed E-state index contributed by atoms with van der Waals surface area (Å²) in [4.78, 5) is 1.85. The summed E-state index contributed by atoms with van der Waals surface area (Å²) in [5.41, 5.74) is 6.09. The monoisotopic (exact) mass is 300 g/mol. The average molecular weight is 300 g/mol. The molecule has 1 aromatic carbocycles. The van der Waals surface area contributed by atoms with Crippen molar-refractivity contribution in [3.05, 3.63) is 29.3 Å². The molecule has 0 spiro atoms. The Labute approximate surface area is 124 Å². The smallest absolute Gasteiger partial charge is 0.370 e. The zero-order chi connectivity index (χ0) is 15.8. The third-order valence-electron chi connectivity index (χ3n) is 4.25. The van der Waals surface area contributed by atoms with Crippen molar-refractivity contribution in [2.24, 2.45) is 17.6 Å². The highest BCUT2D eigenvalue weighted by Gasteiger charge is 2.37. The molecule has 0 aliphatic carbocycles. The van der Waals surface area contributed by atoms with Crippen molar-refractivity contribution >= 4 is 5.69 Å². The van der Waals surface area contributed by atoms with Gasteiger partial charge in [-0.1, -0.05) is 19.9 Å². The number of rotatable bonds is 3. The van der Waals surface area contributed by atoms with Crippen LogP contribution in [-0.4, -0.2) is 19.1 Å². The summed E-state index contributed by atoms with van der Waals surface area (Å²) in [6.45, 7) is 7.32. The summed E-state index contributed by atoms with van der Waals surface area (Å²) in [5.74, 6) is 0.824. The van der Waals surface area contributed by atoms with Gasteiger partial charge in [-0.05, 0) is 42.9 Å². The van der Waals surface area contributed by atoms with Crippen LogP contribution in [0.15, 0.2) is 18.2 Å². The summed E-state index contributed by atoms with van der Waals surface area (Å²) in [7, 11) is 0. The van der Waals surface area contributed by atoms with Crippen molar-refractivity contribution in [1.29, 1.82) is 0 Å². The first-order valence-corrected chi connectivity index (χ1v) is 7.39. The van der Waals surface area contributed by atoms with Crippen molar-refractivity contribution < 1.29 is 13.2 Å². The van der Waals surface area contributed by atoms with Gasteiger partial charge in [-0.2, -0.15) is 13.2 Å². The molecule has 1 saturated heterocycles. The van der Waals surface area contributed by atoms with Gasteiger partial charge in [0, 0.05) is 24.8 Å². The van der Waals surface area contributed by atoms with E-state index in [1.54, 1.807) is 19.1 Å². The Morgan fingerprint density at radius 1 is 1.24 bits per heavy atom. The summed E-state index contributed by atoms with van der Waals surface area (Å²) in [6.07, 6.45) is -3.88. The Bertz CT molecular complexity index is 487. The maximum absolute atomic E-state index is 13.4. The second-order valence-electron chi connectivity index (χ2n) is 6.39. The minimum absolute atomic E-state index is 0.149. The number of benzene rings is 1. The van der Waals surface area contributed by atoms with Gasteiger partial charge >= 0.3 is 6.18 Å². The molecular weight excluding hydrogens is 277 g/mol. The molecule has 2 nitrogen and oxygen atoms in total. The van der Waals surface area contributed by atoms with Gasteiger partial charge in [0.25, 0.3) is 0 Å². The largest absolute Gasteiger partial charge is 0.418 e. The van der Waals surface area contributed by atoms with Crippen LogP contribution in [0, 0.1) is 11.8 Å². The number of nitrogens with two attached hydrogens (primary N) is 1. The van der Waals surface area contributed by atoms with E-state index in [4.69, 9.17) is 5.73 Å². The van der Waals surface area contributed by atoms with Crippen molar-refractivity contribution in [1.82, 2.24) is 0 Å². The second-order valence-corrected chi connectivity index (χ2v) is 6.39. The molecule has 0 bridgehead atoms. The number of nitrogens with zero attached hydrogens (tertiary/aromatic N) is 1. The van der Waals surface area contributed by atoms with E-state index in [1.165, 1.54) is 6.07 Å². The highest BCUT2D eigenvalue weighted by molar-refractivity contribution is 5.57. The predicted molar refractivity (Wildman–Crippen MR) is 79.3 cm³/mol. The van der Waals surface area contributed by atoms with Crippen LogP contribution in [0.5, 0.6) is 0 Å². The van der Waals surface area contributed by atoms with Gasteiger partial charge in [-0.25, -0.2) is 0 Å². The molecule has 1 aliphatic rings. The highest BCUT2D eigenvalue weighted by atomic mass is 19.4. The standard InChI is InChI=1S/C16H23F3N2/c1-10-8-21(9-11(10)2)15-5-4-13(6-12(3)20)7-14(15)16(17,18)19/h4-5,7,10-12H,6,8-9,20H2,1-3H3. The van der Waals surface area contributed by atoms with Crippen molar-refractivity contribution in [2.45, 2.75) is 39.4 Å². The van der Waals surface area contributed by atoms with Crippen molar-refractivity contribution in [2.75, 3.05) is 18.0 Å². The predicted octanol–water partition coefficient (Wildman–Crippen LogP) is 3.69. The number of alkyl halides is 3.